The maximum absolute atomic E-state index is 12.3. The number of hydrogen-bond donors (Lipinski definition) is 2. The van der Waals surface area contributed by atoms with Crippen molar-refractivity contribution in [2.45, 2.75) is 12.5 Å². The Labute approximate surface area is 151 Å². The van der Waals surface area contributed by atoms with Crippen molar-refractivity contribution < 1.29 is 19.4 Å². The molecule has 0 radical (unpaired) electrons. The Hall–Kier alpha value is -3.05. The number of hydrogen-bond acceptors (Lipinski definition) is 4. The molecule has 5 heteroatoms. The van der Waals surface area contributed by atoms with E-state index in [9.17, 15) is 9.90 Å². The van der Waals surface area contributed by atoms with Gasteiger partial charge in [-0.15, -0.1) is 0 Å². The molecule has 0 bridgehead atoms. The van der Waals surface area contributed by atoms with Gasteiger partial charge in [0.25, 0.3) is 5.91 Å². The normalized spacial score (nSPS) is 13.6. The molecule has 5 nitrogen and oxygen atoms in total. The molecule has 4 rings (SSSR count). The molecule has 1 amide bonds. The topological polar surface area (TPSA) is 67.8 Å². The lowest BCUT2D eigenvalue weighted by molar-refractivity contribution is 0.0942. The quantitative estimate of drug-likeness (QED) is 0.741. The molecule has 2 N–H and O–H groups in total. The van der Waals surface area contributed by atoms with Crippen LogP contribution in [0.25, 0.3) is 10.8 Å². The van der Waals surface area contributed by atoms with Crippen molar-refractivity contribution in [3.8, 4) is 11.5 Å². The predicted octanol–water partition coefficient (Wildman–Crippen LogP) is 3.42. The molecule has 0 unspecified atom stereocenters. The van der Waals surface area contributed by atoms with Crippen LogP contribution in [0.4, 0.5) is 0 Å². The van der Waals surface area contributed by atoms with E-state index in [4.69, 9.17) is 9.47 Å². The Morgan fingerprint density at radius 3 is 2.77 bits per heavy atom. The van der Waals surface area contributed by atoms with Gasteiger partial charge in [0.15, 0.2) is 11.5 Å². The van der Waals surface area contributed by atoms with Crippen molar-refractivity contribution in [3.63, 3.8) is 0 Å². The zero-order valence-corrected chi connectivity index (χ0v) is 14.1. The molecule has 1 aliphatic rings. The molecule has 0 saturated heterocycles. The van der Waals surface area contributed by atoms with E-state index in [1.165, 1.54) is 0 Å². The highest BCUT2D eigenvalue weighted by Crippen LogP contribution is 2.32. The van der Waals surface area contributed by atoms with Gasteiger partial charge in [0.05, 0.1) is 6.10 Å². The zero-order valence-electron chi connectivity index (χ0n) is 14.1. The fraction of sp³-hybridized carbons (Fsp3) is 0.190. The molecule has 0 fully saturated rings. The van der Waals surface area contributed by atoms with E-state index in [1.807, 2.05) is 42.5 Å². The van der Waals surface area contributed by atoms with E-state index >= 15 is 0 Å². The van der Waals surface area contributed by atoms with Gasteiger partial charge in [-0.1, -0.05) is 42.5 Å². The second-order valence-electron chi connectivity index (χ2n) is 6.20. The number of nitrogens with one attached hydrogen (secondary N) is 1. The summed E-state index contributed by atoms with van der Waals surface area (Å²) in [7, 11) is 0. The molecule has 0 saturated carbocycles. The van der Waals surface area contributed by atoms with Crippen LogP contribution in [-0.2, 0) is 0 Å². The Bertz CT molecular complexity index is 948. The first-order valence-corrected chi connectivity index (χ1v) is 8.56. The molecule has 1 heterocycles. The minimum Gasteiger partial charge on any atom is -0.454 e. The van der Waals surface area contributed by atoms with E-state index in [0.717, 1.165) is 16.3 Å². The van der Waals surface area contributed by atoms with Gasteiger partial charge in [0.1, 0.15) is 0 Å². The average molecular weight is 349 g/mol. The summed E-state index contributed by atoms with van der Waals surface area (Å²) in [6.07, 6.45) is -0.206. The smallest absolute Gasteiger partial charge is 0.251 e. The second-order valence-corrected chi connectivity index (χ2v) is 6.20. The minimum absolute atomic E-state index is 0.178. The van der Waals surface area contributed by atoms with Crippen LogP contribution in [0.3, 0.4) is 0 Å². The van der Waals surface area contributed by atoms with Crippen molar-refractivity contribution in [3.05, 3.63) is 71.8 Å². The number of aliphatic hydroxyl groups excluding tert-OH is 1. The van der Waals surface area contributed by atoms with Crippen LogP contribution in [-0.4, -0.2) is 24.4 Å². The molecule has 26 heavy (non-hydrogen) atoms. The van der Waals surface area contributed by atoms with Gasteiger partial charge in [-0.3, -0.25) is 4.79 Å². The van der Waals surface area contributed by atoms with Crippen molar-refractivity contribution in [1.82, 2.24) is 5.32 Å². The summed E-state index contributed by atoms with van der Waals surface area (Å²) < 4.78 is 10.5. The Balaban J connectivity index is 1.39. The van der Waals surface area contributed by atoms with Crippen LogP contribution in [0.2, 0.25) is 0 Å². The maximum Gasteiger partial charge on any atom is 0.251 e. The highest BCUT2D eigenvalue weighted by Gasteiger charge is 2.16. The molecule has 3 aromatic carbocycles. The van der Waals surface area contributed by atoms with Gasteiger partial charge in [-0.2, -0.15) is 0 Å². The summed E-state index contributed by atoms with van der Waals surface area (Å²) in [5, 5.41) is 15.5. The van der Waals surface area contributed by atoms with Gasteiger partial charge < -0.3 is 19.9 Å². The number of amides is 1. The van der Waals surface area contributed by atoms with Crippen LogP contribution in [0.5, 0.6) is 11.5 Å². The van der Waals surface area contributed by atoms with Crippen LogP contribution < -0.4 is 14.8 Å². The predicted molar refractivity (Wildman–Crippen MR) is 98.4 cm³/mol. The highest BCUT2D eigenvalue weighted by molar-refractivity contribution is 5.95. The third-order valence-corrected chi connectivity index (χ3v) is 4.52. The zero-order chi connectivity index (χ0) is 17.9. The Kier molecular flexibility index (Phi) is 4.46. The number of ether oxygens (including phenoxy) is 2. The standard InChI is InChI=1S/C21H19NO4/c23-18(17-7-3-5-14-4-1-2-6-16(14)17)10-11-22-21(24)15-8-9-19-20(12-15)26-13-25-19/h1-9,12,18,23H,10-11,13H2,(H,22,24)/t18-/m1/s1. The number of benzene rings is 3. The summed E-state index contributed by atoms with van der Waals surface area (Å²) in [5.41, 5.74) is 1.38. The molecule has 0 aliphatic carbocycles. The highest BCUT2D eigenvalue weighted by atomic mass is 16.7. The van der Waals surface area contributed by atoms with Crippen molar-refractivity contribution >= 4 is 16.7 Å². The maximum atomic E-state index is 12.3. The van der Waals surface area contributed by atoms with Gasteiger partial charge in [0.2, 0.25) is 6.79 Å². The minimum atomic E-state index is -0.641. The van der Waals surface area contributed by atoms with E-state index in [-0.39, 0.29) is 12.7 Å². The van der Waals surface area contributed by atoms with Crippen LogP contribution in [0.1, 0.15) is 28.4 Å². The summed E-state index contributed by atoms with van der Waals surface area (Å²) in [6.45, 7) is 0.551. The number of aliphatic hydroxyl groups is 1. The largest absolute Gasteiger partial charge is 0.454 e. The van der Waals surface area contributed by atoms with E-state index < -0.39 is 6.10 Å². The van der Waals surface area contributed by atoms with Gasteiger partial charge in [-0.05, 0) is 41.0 Å². The number of carbonyl (C=O) groups is 1. The third kappa shape index (κ3) is 3.21. The molecule has 1 atom stereocenters. The second kappa shape index (κ2) is 7.06. The Morgan fingerprint density at radius 1 is 1.04 bits per heavy atom. The van der Waals surface area contributed by atoms with Crippen molar-refractivity contribution in [2.24, 2.45) is 0 Å². The fourth-order valence-electron chi connectivity index (χ4n) is 3.16. The summed E-state index contributed by atoms with van der Waals surface area (Å²) in [6, 6.07) is 18.9. The molecular weight excluding hydrogens is 330 g/mol. The summed E-state index contributed by atoms with van der Waals surface area (Å²) >= 11 is 0. The SMILES string of the molecule is O=C(NCC[C@@H](O)c1cccc2ccccc12)c1ccc2c(c1)OCO2. The first-order valence-electron chi connectivity index (χ1n) is 8.56. The Morgan fingerprint density at radius 2 is 1.85 bits per heavy atom. The van der Waals surface area contributed by atoms with Crippen molar-refractivity contribution in [2.75, 3.05) is 13.3 Å². The molecule has 132 valence electrons. The molecule has 1 aliphatic heterocycles. The lowest BCUT2D eigenvalue weighted by atomic mass is 9.99. The fourth-order valence-corrected chi connectivity index (χ4v) is 3.16. The molecule has 0 aromatic heterocycles. The summed E-state index contributed by atoms with van der Waals surface area (Å²) in [5.74, 6) is 1.02. The van der Waals surface area contributed by atoms with Crippen LogP contribution in [0, 0.1) is 0 Å². The summed E-state index contributed by atoms with van der Waals surface area (Å²) in [4.78, 5) is 12.3. The third-order valence-electron chi connectivity index (χ3n) is 4.52. The lowest BCUT2D eigenvalue weighted by Gasteiger charge is -2.14. The first kappa shape index (κ1) is 16.4. The lowest BCUT2D eigenvalue weighted by Crippen LogP contribution is -2.25. The average Bonchev–Trinajstić information content (AvgIpc) is 3.15. The molecular formula is C21H19NO4. The monoisotopic (exact) mass is 349 g/mol. The van der Waals surface area contributed by atoms with E-state index in [2.05, 4.69) is 5.32 Å². The molecule has 3 aromatic rings. The van der Waals surface area contributed by atoms with E-state index in [1.54, 1.807) is 18.2 Å². The first-order chi connectivity index (χ1) is 12.7. The van der Waals surface area contributed by atoms with Crippen molar-refractivity contribution in [1.29, 1.82) is 0 Å². The molecule has 0 spiro atoms. The van der Waals surface area contributed by atoms with Gasteiger partial charge >= 0.3 is 0 Å². The number of fused-ring (bicyclic) bond motifs is 2. The number of carbonyl (C=O) groups excluding carboxylic acids is 1. The van der Waals surface area contributed by atoms with Gasteiger partial charge in [0, 0.05) is 12.1 Å². The van der Waals surface area contributed by atoms with E-state index in [0.29, 0.717) is 30.0 Å². The number of rotatable bonds is 5. The van der Waals surface area contributed by atoms with Crippen LogP contribution >= 0.6 is 0 Å². The van der Waals surface area contributed by atoms with Gasteiger partial charge in [-0.25, -0.2) is 0 Å². The van der Waals surface area contributed by atoms with Crippen LogP contribution in [0.15, 0.2) is 60.7 Å².